The third kappa shape index (κ3) is 3.17. The fourth-order valence-corrected chi connectivity index (χ4v) is 3.16. The Morgan fingerprint density at radius 1 is 1.21 bits per heavy atom. The van der Waals surface area contributed by atoms with Gasteiger partial charge in [-0.05, 0) is 37.1 Å². The molecule has 1 heterocycles. The molecule has 1 aromatic rings. The maximum atomic E-state index is 12.2. The van der Waals surface area contributed by atoms with Gasteiger partial charge < -0.3 is 9.84 Å². The van der Waals surface area contributed by atoms with E-state index in [0.717, 1.165) is 0 Å². The largest absolute Gasteiger partial charge is 0.508 e. The zero-order chi connectivity index (χ0) is 14.0. The van der Waals surface area contributed by atoms with Gasteiger partial charge in [-0.15, -0.1) is 0 Å². The van der Waals surface area contributed by atoms with Gasteiger partial charge in [-0.3, -0.25) is 4.72 Å². The number of benzene rings is 1. The molecule has 0 radical (unpaired) electrons. The molecule has 0 unspecified atom stereocenters. The van der Waals surface area contributed by atoms with E-state index in [-0.39, 0.29) is 5.75 Å². The molecule has 0 bridgehead atoms. The second-order valence-corrected chi connectivity index (χ2v) is 6.24. The first-order valence-corrected chi connectivity index (χ1v) is 7.50. The highest BCUT2D eigenvalue weighted by atomic mass is 32.2. The number of phenolic OH excluding ortho intramolecular Hbond substituents is 1. The maximum absolute atomic E-state index is 12.2. The number of aromatic hydroxyl groups is 1. The van der Waals surface area contributed by atoms with E-state index in [1.165, 1.54) is 4.31 Å². The van der Waals surface area contributed by atoms with Crippen LogP contribution in [0.25, 0.3) is 0 Å². The standard InChI is InChI=1S/C12H18N2O4S/c1-9-8-12(15)10(2)7-11(9)13-19(16,17)14-3-5-18-6-4-14/h7-8,13,15H,3-6H2,1-2H3. The third-order valence-electron chi connectivity index (χ3n) is 3.09. The predicted octanol–water partition coefficient (Wildman–Crippen LogP) is 0.998. The van der Waals surface area contributed by atoms with E-state index in [1.54, 1.807) is 26.0 Å². The van der Waals surface area contributed by atoms with Crippen LogP contribution >= 0.6 is 0 Å². The van der Waals surface area contributed by atoms with Crippen LogP contribution in [-0.4, -0.2) is 44.1 Å². The molecule has 106 valence electrons. The minimum absolute atomic E-state index is 0.159. The van der Waals surface area contributed by atoms with Crippen molar-refractivity contribution in [2.75, 3.05) is 31.0 Å². The molecular formula is C12H18N2O4S. The Bertz CT molecular complexity index is 565. The first-order valence-electron chi connectivity index (χ1n) is 6.06. The molecule has 0 aliphatic carbocycles. The molecule has 1 aliphatic rings. The summed E-state index contributed by atoms with van der Waals surface area (Å²) in [5, 5.41) is 9.57. The summed E-state index contributed by atoms with van der Waals surface area (Å²) in [4.78, 5) is 0. The lowest BCUT2D eigenvalue weighted by atomic mass is 10.1. The minimum Gasteiger partial charge on any atom is -0.508 e. The van der Waals surface area contributed by atoms with E-state index in [9.17, 15) is 13.5 Å². The van der Waals surface area contributed by atoms with E-state index in [4.69, 9.17) is 4.74 Å². The van der Waals surface area contributed by atoms with Crippen molar-refractivity contribution in [2.45, 2.75) is 13.8 Å². The summed E-state index contributed by atoms with van der Waals surface area (Å²) >= 11 is 0. The molecular weight excluding hydrogens is 268 g/mol. The molecule has 0 saturated carbocycles. The lowest BCUT2D eigenvalue weighted by molar-refractivity contribution is 0.0733. The average Bonchev–Trinajstić information content (AvgIpc) is 2.37. The number of hydrogen-bond acceptors (Lipinski definition) is 4. The highest BCUT2D eigenvalue weighted by Crippen LogP contribution is 2.26. The van der Waals surface area contributed by atoms with Gasteiger partial charge in [-0.2, -0.15) is 12.7 Å². The first-order chi connectivity index (χ1) is 8.90. The van der Waals surface area contributed by atoms with Crippen LogP contribution in [0.2, 0.25) is 0 Å². The van der Waals surface area contributed by atoms with Crippen molar-refractivity contribution >= 4 is 15.9 Å². The van der Waals surface area contributed by atoms with Crippen LogP contribution in [0.3, 0.4) is 0 Å². The number of phenols is 1. The Morgan fingerprint density at radius 2 is 1.84 bits per heavy atom. The van der Waals surface area contributed by atoms with Crippen molar-refractivity contribution in [3.8, 4) is 5.75 Å². The number of nitrogens with zero attached hydrogens (tertiary/aromatic N) is 1. The SMILES string of the molecule is Cc1cc(NS(=O)(=O)N2CCOCC2)c(C)cc1O. The quantitative estimate of drug-likeness (QED) is 0.812. The molecule has 1 aromatic carbocycles. The minimum atomic E-state index is -3.57. The van der Waals surface area contributed by atoms with E-state index in [2.05, 4.69) is 4.72 Å². The Hall–Kier alpha value is -1.31. The summed E-state index contributed by atoms with van der Waals surface area (Å²) in [6.45, 7) is 5.00. The Kier molecular flexibility index (Phi) is 3.98. The maximum Gasteiger partial charge on any atom is 0.301 e. The van der Waals surface area contributed by atoms with Gasteiger partial charge >= 0.3 is 10.2 Å². The van der Waals surface area contributed by atoms with Crippen LogP contribution in [0.4, 0.5) is 5.69 Å². The van der Waals surface area contributed by atoms with Gasteiger partial charge in [0.2, 0.25) is 0 Å². The monoisotopic (exact) mass is 286 g/mol. The van der Waals surface area contributed by atoms with E-state index in [0.29, 0.717) is 43.1 Å². The molecule has 2 N–H and O–H groups in total. The van der Waals surface area contributed by atoms with Crippen molar-refractivity contribution in [1.82, 2.24) is 4.31 Å². The van der Waals surface area contributed by atoms with Gasteiger partial charge in [0, 0.05) is 13.1 Å². The van der Waals surface area contributed by atoms with Gasteiger partial charge in [0.15, 0.2) is 0 Å². The summed E-state index contributed by atoms with van der Waals surface area (Å²) in [5.74, 6) is 0.159. The highest BCUT2D eigenvalue weighted by molar-refractivity contribution is 7.90. The molecule has 19 heavy (non-hydrogen) atoms. The fraction of sp³-hybridized carbons (Fsp3) is 0.500. The lowest BCUT2D eigenvalue weighted by Gasteiger charge is -2.26. The van der Waals surface area contributed by atoms with Crippen molar-refractivity contribution in [3.63, 3.8) is 0 Å². The fourth-order valence-electron chi connectivity index (χ4n) is 1.90. The van der Waals surface area contributed by atoms with Crippen molar-refractivity contribution in [2.24, 2.45) is 0 Å². The van der Waals surface area contributed by atoms with Crippen LogP contribution < -0.4 is 4.72 Å². The molecule has 1 fully saturated rings. The average molecular weight is 286 g/mol. The lowest BCUT2D eigenvalue weighted by Crippen LogP contribution is -2.43. The third-order valence-corrected chi connectivity index (χ3v) is 4.61. The normalized spacial score (nSPS) is 17.4. The summed E-state index contributed by atoms with van der Waals surface area (Å²) in [6, 6.07) is 3.18. The van der Waals surface area contributed by atoms with E-state index in [1.807, 2.05) is 0 Å². The molecule has 1 saturated heterocycles. The summed E-state index contributed by atoms with van der Waals surface area (Å²) in [6.07, 6.45) is 0. The van der Waals surface area contributed by atoms with Crippen LogP contribution in [0, 0.1) is 13.8 Å². The van der Waals surface area contributed by atoms with Crippen LogP contribution in [-0.2, 0) is 14.9 Å². The van der Waals surface area contributed by atoms with Crippen molar-refractivity contribution in [3.05, 3.63) is 23.3 Å². The molecule has 2 rings (SSSR count). The molecule has 0 spiro atoms. The first kappa shape index (κ1) is 14.1. The zero-order valence-corrected chi connectivity index (χ0v) is 11.8. The summed E-state index contributed by atoms with van der Waals surface area (Å²) in [7, 11) is -3.57. The van der Waals surface area contributed by atoms with Gasteiger partial charge in [0.05, 0.1) is 18.9 Å². The van der Waals surface area contributed by atoms with E-state index >= 15 is 0 Å². The molecule has 0 atom stereocenters. The van der Waals surface area contributed by atoms with Crippen molar-refractivity contribution in [1.29, 1.82) is 0 Å². The van der Waals surface area contributed by atoms with Gasteiger partial charge in [0.1, 0.15) is 5.75 Å². The summed E-state index contributed by atoms with van der Waals surface area (Å²) < 4.78 is 33.5. The van der Waals surface area contributed by atoms with Gasteiger partial charge in [-0.25, -0.2) is 0 Å². The second kappa shape index (κ2) is 5.36. The molecule has 1 aliphatic heterocycles. The molecule has 0 amide bonds. The van der Waals surface area contributed by atoms with Gasteiger partial charge in [-0.1, -0.05) is 0 Å². The second-order valence-electron chi connectivity index (χ2n) is 4.57. The number of anilines is 1. The smallest absolute Gasteiger partial charge is 0.301 e. The highest BCUT2D eigenvalue weighted by Gasteiger charge is 2.24. The Morgan fingerprint density at radius 3 is 2.47 bits per heavy atom. The number of aryl methyl sites for hydroxylation is 2. The Labute approximate surface area is 113 Å². The Balaban J connectivity index is 2.22. The predicted molar refractivity (Wildman–Crippen MR) is 72.5 cm³/mol. The van der Waals surface area contributed by atoms with Crippen LogP contribution in [0.15, 0.2) is 12.1 Å². The van der Waals surface area contributed by atoms with Crippen molar-refractivity contribution < 1.29 is 18.3 Å². The molecule has 6 nitrogen and oxygen atoms in total. The molecule has 7 heteroatoms. The number of ether oxygens (including phenoxy) is 1. The van der Waals surface area contributed by atoms with Crippen LogP contribution in [0.5, 0.6) is 5.75 Å². The van der Waals surface area contributed by atoms with Gasteiger partial charge in [0.25, 0.3) is 0 Å². The topological polar surface area (TPSA) is 78.9 Å². The van der Waals surface area contributed by atoms with E-state index < -0.39 is 10.2 Å². The van der Waals surface area contributed by atoms with Crippen LogP contribution in [0.1, 0.15) is 11.1 Å². The summed E-state index contributed by atoms with van der Waals surface area (Å²) in [5.41, 5.74) is 1.80. The molecule has 0 aromatic heterocycles. The zero-order valence-electron chi connectivity index (χ0n) is 11.0. The number of nitrogens with one attached hydrogen (secondary N) is 1. The number of rotatable bonds is 3. The number of morpholine rings is 1. The number of hydrogen-bond donors (Lipinski definition) is 2.